The average Bonchev–Trinajstić information content (AvgIpc) is 2.10. The first kappa shape index (κ1) is 14.7. The molecule has 0 aromatic heterocycles. The van der Waals surface area contributed by atoms with Crippen LogP contribution in [0.15, 0.2) is 11.8 Å². The molecule has 3 heteroatoms. The van der Waals surface area contributed by atoms with Crippen molar-refractivity contribution in [3.05, 3.63) is 11.8 Å². The zero-order valence-corrected chi connectivity index (χ0v) is 12.2. The van der Waals surface area contributed by atoms with Crippen LogP contribution in [0.25, 0.3) is 0 Å². The van der Waals surface area contributed by atoms with Crippen LogP contribution in [0.4, 0.5) is 0 Å². The number of aliphatic hydroxyl groups is 1. The molecule has 0 aliphatic heterocycles. The van der Waals surface area contributed by atoms with Crippen molar-refractivity contribution in [2.45, 2.75) is 53.4 Å². The minimum atomic E-state index is -1.56. The maximum atomic E-state index is 9.99. The zero-order valence-electron chi connectivity index (χ0n) is 11.2. The van der Waals surface area contributed by atoms with Crippen LogP contribution in [0.1, 0.15) is 27.7 Å². The van der Waals surface area contributed by atoms with Crippen molar-refractivity contribution < 1.29 is 9.53 Å². The van der Waals surface area contributed by atoms with Crippen molar-refractivity contribution in [1.82, 2.24) is 0 Å². The van der Waals surface area contributed by atoms with E-state index in [9.17, 15) is 5.11 Å². The molecule has 0 radical (unpaired) electrons. The fourth-order valence-electron chi connectivity index (χ4n) is 1.51. The molecule has 90 valence electrons. The van der Waals surface area contributed by atoms with Gasteiger partial charge in [0.15, 0.2) is 0 Å². The summed E-state index contributed by atoms with van der Waals surface area (Å²) in [6, 6.07) is 0. The normalized spacial score (nSPS) is 17.8. The van der Waals surface area contributed by atoms with Gasteiger partial charge in [0, 0.05) is 5.92 Å². The van der Waals surface area contributed by atoms with Crippen LogP contribution in [0, 0.1) is 11.8 Å². The summed E-state index contributed by atoms with van der Waals surface area (Å²) in [6.45, 7) is 14.5. The topological polar surface area (TPSA) is 29.5 Å². The molecule has 0 bridgehead atoms. The van der Waals surface area contributed by atoms with Crippen LogP contribution in [0.3, 0.4) is 0 Å². The highest BCUT2D eigenvalue weighted by molar-refractivity contribution is 6.70. The highest BCUT2D eigenvalue weighted by atomic mass is 28.4. The van der Waals surface area contributed by atoms with E-state index in [1.807, 2.05) is 33.8 Å². The van der Waals surface area contributed by atoms with E-state index in [0.717, 1.165) is 5.76 Å². The Morgan fingerprint density at radius 1 is 1.20 bits per heavy atom. The van der Waals surface area contributed by atoms with Gasteiger partial charge in [-0.1, -0.05) is 26.8 Å². The first-order valence-corrected chi connectivity index (χ1v) is 9.13. The Hall–Kier alpha value is -0.283. The van der Waals surface area contributed by atoms with Gasteiger partial charge >= 0.3 is 0 Å². The second kappa shape index (κ2) is 5.71. The Balaban J connectivity index is 4.57. The van der Waals surface area contributed by atoms with Gasteiger partial charge in [0.25, 0.3) is 0 Å². The zero-order chi connectivity index (χ0) is 12.2. The fourth-order valence-corrected chi connectivity index (χ4v) is 2.52. The third-order valence-corrected chi connectivity index (χ3v) is 3.20. The second-order valence-electron chi connectivity index (χ2n) is 5.43. The van der Waals surface area contributed by atoms with E-state index in [2.05, 4.69) is 19.6 Å². The van der Waals surface area contributed by atoms with E-state index < -0.39 is 8.32 Å². The lowest BCUT2D eigenvalue weighted by Gasteiger charge is -2.29. The molecular weight excluding hydrogens is 204 g/mol. The maximum absolute atomic E-state index is 9.99. The Bertz CT molecular complexity index is 216. The largest absolute Gasteiger partial charge is 0.547 e. The van der Waals surface area contributed by atoms with E-state index in [1.54, 1.807) is 0 Å². The molecule has 0 saturated heterocycles. The molecule has 1 N–H and O–H groups in total. The average molecular weight is 230 g/mol. The van der Waals surface area contributed by atoms with Crippen LogP contribution in [0.5, 0.6) is 0 Å². The molecule has 0 spiro atoms. The quantitative estimate of drug-likeness (QED) is 0.579. The summed E-state index contributed by atoms with van der Waals surface area (Å²) >= 11 is 0. The summed E-state index contributed by atoms with van der Waals surface area (Å²) in [6.07, 6.45) is 1.65. The van der Waals surface area contributed by atoms with Crippen molar-refractivity contribution in [1.29, 1.82) is 0 Å². The Labute approximate surface area is 95.5 Å². The monoisotopic (exact) mass is 230 g/mol. The highest BCUT2D eigenvalue weighted by Gasteiger charge is 2.26. The lowest BCUT2D eigenvalue weighted by Crippen LogP contribution is -2.32. The van der Waals surface area contributed by atoms with Crippen LogP contribution < -0.4 is 0 Å². The Morgan fingerprint density at radius 2 is 1.67 bits per heavy atom. The third-order valence-electron chi connectivity index (χ3n) is 2.35. The first-order valence-electron chi connectivity index (χ1n) is 5.72. The molecule has 15 heavy (non-hydrogen) atoms. The van der Waals surface area contributed by atoms with E-state index >= 15 is 0 Å². The predicted molar refractivity (Wildman–Crippen MR) is 68.2 cm³/mol. The number of allylic oxidation sites excluding steroid dienone is 1. The molecule has 0 saturated carbocycles. The van der Waals surface area contributed by atoms with Gasteiger partial charge in [0.05, 0.1) is 11.9 Å². The van der Waals surface area contributed by atoms with Gasteiger partial charge in [-0.3, -0.25) is 0 Å². The smallest absolute Gasteiger partial charge is 0.241 e. The van der Waals surface area contributed by atoms with Crippen molar-refractivity contribution >= 4 is 8.32 Å². The number of rotatable bonds is 5. The lowest BCUT2D eigenvalue weighted by molar-refractivity contribution is 0.0708. The molecule has 0 aliphatic carbocycles. The van der Waals surface area contributed by atoms with Gasteiger partial charge in [0.1, 0.15) is 0 Å². The molecular formula is C12H26O2Si. The Morgan fingerprint density at radius 3 is 1.93 bits per heavy atom. The number of hydrogen-bond acceptors (Lipinski definition) is 2. The highest BCUT2D eigenvalue weighted by Crippen LogP contribution is 2.24. The van der Waals surface area contributed by atoms with E-state index in [4.69, 9.17) is 4.43 Å². The summed E-state index contributed by atoms with van der Waals surface area (Å²) in [5.41, 5.74) is 0. The SMILES string of the molecule is C/C=C(/O[Si](C)(C)C)[C@H](C)[C@H](O)C(C)C. The van der Waals surface area contributed by atoms with Gasteiger partial charge in [0.2, 0.25) is 8.32 Å². The molecule has 0 unspecified atom stereocenters. The van der Waals surface area contributed by atoms with Crippen LogP contribution in [-0.2, 0) is 4.43 Å². The number of hydrogen-bond donors (Lipinski definition) is 1. The molecule has 0 fully saturated rings. The van der Waals surface area contributed by atoms with E-state index in [0.29, 0.717) is 0 Å². The standard InChI is InChI=1S/C12H26O2Si/c1-8-11(14-15(5,6)7)10(4)12(13)9(2)3/h8-10,12-13H,1-7H3/b11-8+/t10-,12+/m0/s1. The summed E-state index contributed by atoms with van der Waals surface area (Å²) in [5, 5.41) is 9.99. The third kappa shape index (κ3) is 5.38. The minimum Gasteiger partial charge on any atom is -0.547 e. The summed E-state index contributed by atoms with van der Waals surface area (Å²) in [7, 11) is -1.56. The maximum Gasteiger partial charge on any atom is 0.241 e. The predicted octanol–water partition coefficient (Wildman–Crippen LogP) is 3.39. The molecule has 0 aromatic rings. The van der Waals surface area contributed by atoms with Crippen LogP contribution in [0.2, 0.25) is 19.6 Å². The summed E-state index contributed by atoms with van der Waals surface area (Å²) in [5.74, 6) is 1.29. The van der Waals surface area contributed by atoms with Gasteiger partial charge < -0.3 is 9.53 Å². The molecule has 0 amide bonds. The van der Waals surface area contributed by atoms with E-state index in [-0.39, 0.29) is 17.9 Å². The van der Waals surface area contributed by atoms with Crippen molar-refractivity contribution in [3.8, 4) is 0 Å². The van der Waals surface area contributed by atoms with Crippen LogP contribution >= 0.6 is 0 Å². The summed E-state index contributed by atoms with van der Waals surface area (Å²) < 4.78 is 5.96. The van der Waals surface area contributed by atoms with Crippen molar-refractivity contribution in [2.75, 3.05) is 0 Å². The van der Waals surface area contributed by atoms with Crippen molar-refractivity contribution in [3.63, 3.8) is 0 Å². The van der Waals surface area contributed by atoms with Gasteiger partial charge in [-0.25, -0.2) is 0 Å². The van der Waals surface area contributed by atoms with Crippen molar-refractivity contribution in [2.24, 2.45) is 11.8 Å². The molecule has 0 heterocycles. The van der Waals surface area contributed by atoms with Gasteiger partial charge in [-0.15, -0.1) is 0 Å². The number of aliphatic hydroxyl groups excluding tert-OH is 1. The van der Waals surface area contributed by atoms with Gasteiger partial charge in [-0.05, 0) is 32.5 Å². The second-order valence-corrected chi connectivity index (χ2v) is 9.86. The minimum absolute atomic E-state index is 0.0849. The molecule has 0 aromatic carbocycles. The van der Waals surface area contributed by atoms with E-state index in [1.165, 1.54) is 0 Å². The van der Waals surface area contributed by atoms with Crippen LogP contribution in [-0.4, -0.2) is 19.5 Å². The Kier molecular flexibility index (Phi) is 5.60. The first-order chi connectivity index (χ1) is 6.69. The molecule has 2 atom stereocenters. The molecule has 2 nitrogen and oxygen atoms in total. The summed E-state index contributed by atoms with van der Waals surface area (Å²) in [4.78, 5) is 0. The lowest BCUT2D eigenvalue weighted by atomic mass is 9.93. The fraction of sp³-hybridized carbons (Fsp3) is 0.833. The van der Waals surface area contributed by atoms with Gasteiger partial charge in [-0.2, -0.15) is 0 Å². The molecule has 0 aliphatic rings. The molecule has 0 rings (SSSR count).